The molecule has 2 aromatic heterocycles. The van der Waals surface area contributed by atoms with Crippen LogP contribution in [-0.2, 0) is 4.74 Å². The van der Waals surface area contributed by atoms with E-state index in [0.29, 0.717) is 42.9 Å². The summed E-state index contributed by atoms with van der Waals surface area (Å²) in [7, 11) is 0. The van der Waals surface area contributed by atoms with E-state index in [2.05, 4.69) is 9.97 Å². The smallest absolute Gasteiger partial charge is 0.254 e. The number of aromatic nitrogens is 2. The Morgan fingerprint density at radius 3 is 2.60 bits per heavy atom. The van der Waals surface area contributed by atoms with Gasteiger partial charge in [0.2, 0.25) is 0 Å². The Bertz CT molecular complexity index is 1270. The summed E-state index contributed by atoms with van der Waals surface area (Å²) in [6.45, 7) is 2.28. The van der Waals surface area contributed by atoms with Gasteiger partial charge in [0.15, 0.2) is 0 Å². The Morgan fingerprint density at radius 2 is 1.87 bits per heavy atom. The van der Waals surface area contributed by atoms with Crippen LogP contribution in [0.25, 0.3) is 32.9 Å². The lowest BCUT2D eigenvalue weighted by molar-refractivity contribution is 0.0303. The number of nitrogens with zero attached hydrogens (tertiary/aromatic N) is 2. The second kappa shape index (κ2) is 7.27. The molecule has 2 amide bonds. The maximum Gasteiger partial charge on any atom is 0.254 e. The predicted molar refractivity (Wildman–Crippen MR) is 114 cm³/mol. The zero-order chi connectivity index (χ0) is 20.7. The number of pyridine rings is 1. The molecule has 0 unspecified atom stereocenters. The number of rotatable bonds is 3. The van der Waals surface area contributed by atoms with Crippen molar-refractivity contribution in [2.24, 2.45) is 5.73 Å². The SMILES string of the molecule is NC(=O)c1cc(-c2cccnc2)cc2c1[nH]c1cc(C(=O)N3CCOCC3)ccc12. The number of nitrogens with two attached hydrogens (primary N) is 1. The summed E-state index contributed by atoms with van der Waals surface area (Å²) in [6.07, 6.45) is 3.45. The quantitative estimate of drug-likeness (QED) is 0.552. The van der Waals surface area contributed by atoms with Gasteiger partial charge in [-0.15, -0.1) is 0 Å². The summed E-state index contributed by atoms with van der Waals surface area (Å²) >= 11 is 0. The van der Waals surface area contributed by atoms with E-state index in [-0.39, 0.29) is 5.91 Å². The van der Waals surface area contributed by atoms with E-state index >= 15 is 0 Å². The molecule has 150 valence electrons. The molecule has 0 radical (unpaired) electrons. The fourth-order valence-corrected chi connectivity index (χ4v) is 3.98. The lowest BCUT2D eigenvalue weighted by atomic mass is 9.99. The van der Waals surface area contributed by atoms with Gasteiger partial charge in [0.25, 0.3) is 11.8 Å². The Kier molecular flexibility index (Phi) is 4.44. The van der Waals surface area contributed by atoms with E-state index in [1.165, 1.54) is 0 Å². The number of hydrogen-bond acceptors (Lipinski definition) is 4. The van der Waals surface area contributed by atoms with Crippen LogP contribution >= 0.6 is 0 Å². The van der Waals surface area contributed by atoms with Gasteiger partial charge in [-0.25, -0.2) is 0 Å². The summed E-state index contributed by atoms with van der Waals surface area (Å²) in [5, 5.41) is 1.81. The van der Waals surface area contributed by atoms with Crippen LogP contribution in [-0.4, -0.2) is 53.0 Å². The maximum absolute atomic E-state index is 12.8. The van der Waals surface area contributed by atoms with E-state index in [1.807, 2.05) is 36.4 Å². The monoisotopic (exact) mass is 400 g/mol. The first-order valence-corrected chi connectivity index (χ1v) is 9.78. The van der Waals surface area contributed by atoms with Crippen molar-refractivity contribution >= 4 is 33.6 Å². The second-order valence-electron chi connectivity index (χ2n) is 7.34. The second-order valence-corrected chi connectivity index (χ2v) is 7.34. The molecule has 30 heavy (non-hydrogen) atoms. The molecular weight excluding hydrogens is 380 g/mol. The largest absolute Gasteiger partial charge is 0.378 e. The van der Waals surface area contributed by atoms with Crippen LogP contribution in [0.1, 0.15) is 20.7 Å². The molecule has 3 N–H and O–H groups in total. The Labute approximate surface area is 172 Å². The van der Waals surface area contributed by atoms with E-state index in [4.69, 9.17) is 10.5 Å². The molecule has 7 nitrogen and oxygen atoms in total. The number of H-pyrrole nitrogens is 1. The summed E-state index contributed by atoms with van der Waals surface area (Å²) in [5.74, 6) is -0.535. The number of carbonyl (C=O) groups is 2. The topological polar surface area (TPSA) is 101 Å². The van der Waals surface area contributed by atoms with Crippen LogP contribution in [0.15, 0.2) is 54.9 Å². The van der Waals surface area contributed by atoms with Gasteiger partial charge in [0.1, 0.15) is 0 Å². The molecular formula is C23H20N4O3. The van der Waals surface area contributed by atoms with Crippen molar-refractivity contribution in [3.8, 4) is 11.1 Å². The number of benzene rings is 2. The summed E-state index contributed by atoms with van der Waals surface area (Å²) in [5.41, 5.74) is 9.90. The number of hydrogen-bond donors (Lipinski definition) is 2. The van der Waals surface area contributed by atoms with Crippen LogP contribution in [0.2, 0.25) is 0 Å². The Balaban J connectivity index is 1.65. The highest BCUT2D eigenvalue weighted by atomic mass is 16.5. The van der Waals surface area contributed by atoms with Crippen LogP contribution < -0.4 is 5.73 Å². The first-order valence-electron chi connectivity index (χ1n) is 9.78. The zero-order valence-corrected chi connectivity index (χ0v) is 16.2. The molecule has 1 saturated heterocycles. The first-order chi connectivity index (χ1) is 14.6. The minimum Gasteiger partial charge on any atom is -0.378 e. The van der Waals surface area contributed by atoms with Crippen molar-refractivity contribution in [3.63, 3.8) is 0 Å². The first kappa shape index (κ1) is 18.3. The van der Waals surface area contributed by atoms with Gasteiger partial charge >= 0.3 is 0 Å². The molecule has 0 atom stereocenters. The maximum atomic E-state index is 12.8. The third-order valence-corrected chi connectivity index (χ3v) is 5.51. The van der Waals surface area contributed by atoms with Crippen LogP contribution in [0.4, 0.5) is 0 Å². The van der Waals surface area contributed by atoms with E-state index in [9.17, 15) is 9.59 Å². The van der Waals surface area contributed by atoms with Crippen molar-refractivity contribution in [2.45, 2.75) is 0 Å². The molecule has 0 bridgehead atoms. The molecule has 0 aliphatic carbocycles. The van der Waals surface area contributed by atoms with Crippen molar-refractivity contribution in [1.82, 2.24) is 14.9 Å². The highest BCUT2D eigenvalue weighted by Gasteiger charge is 2.20. The number of amides is 2. The highest BCUT2D eigenvalue weighted by molar-refractivity contribution is 6.16. The number of nitrogens with one attached hydrogen (secondary N) is 1. The van der Waals surface area contributed by atoms with Crippen molar-refractivity contribution in [3.05, 3.63) is 66.0 Å². The number of fused-ring (bicyclic) bond motifs is 3. The van der Waals surface area contributed by atoms with Gasteiger partial charge in [0.05, 0.1) is 24.3 Å². The normalized spacial score (nSPS) is 14.3. The van der Waals surface area contributed by atoms with Gasteiger partial charge in [0, 0.05) is 52.9 Å². The summed E-state index contributed by atoms with van der Waals surface area (Å²) < 4.78 is 5.33. The molecule has 3 heterocycles. The van der Waals surface area contributed by atoms with Gasteiger partial charge < -0.3 is 20.4 Å². The molecule has 1 aliphatic heterocycles. The van der Waals surface area contributed by atoms with Gasteiger partial charge in [-0.05, 0) is 35.9 Å². The molecule has 7 heteroatoms. The van der Waals surface area contributed by atoms with Gasteiger partial charge in [-0.2, -0.15) is 0 Å². The number of primary amides is 1. The van der Waals surface area contributed by atoms with Crippen molar-refractivity contribution < 1.29 is 14.3 Å². The lowest BCUT2D eigenvalue weighted by Crippen LogP contribution is -2.40. The van der Waals surface area contributed by atoms with E-state index in [1.54, 1.807) is 23.4 Å². The third-order valence-electron chi connectivity index (χ3n) is 5.51. The van der Waals surface area contributed by atoms with Crippen LogP contribution in [0, 0.1) is 0 Å². The number of aromatic amines is 1. The van der Waals surface area contributed by atoms with E-state index in [0.717, 1.165) is 27.4 Å². The standard InChI is InChI=1S/C23H20N4O3/c24-22(28)19-11-16(15-2-1-5-25-13-15)10-18-17-4-3-14(12-20(17)26-21(18)19)23(29)27-6-8-30-9-7-27/h1-5,10-13,26H,6-9H2,(H2,24,28). The molecule has 4 aromatic rings. The Hall–Kier alpha value is -3.71. The van der Waals surface area contributed by atoms with E-state index < -0.39 is 5.91 Å². The zero-order valence-electron chi connectivity index (χ0n) is 16.2. The molecule has 0 spiro atoms. The molecule has 5 rings (SSSR count). The fraction of sp³-hybridized carbons (Fsp3) is 0.174. The minimum absolute atomic E-state index is 0.0231. The minimum atomic E-state index is -0.512. The lowest BCUT2D eigenvalue weighted by Gasteiger charge is -2.26. The molecule has 1 fully saturated rings. The third kappa shape index (κ3) is 3.09. The average molecular weight is 400 g/mol. The van der Waals surface area contributed by atoms with Crippen molar-refractivity contribution in [1.29, 1.82) is 0 Å². The molecule has 0 saturated carbocycles. The Morgan fingerprint density at radius 1 is 1.03 bits per heavy atom. The average Bonchev–Trinajstić information content (AvgIpc) is 3.16. The fourth-order valence-electron chi connectivity index (χ4n) is 3.98. The molecule has 1 aliphatic rings. The van der Waals surface area contributed by atoms with Gasteiger partial charge in [-0.1, -0.05) is 12.1 Å². The number of ether oxygens (including phenoxy) is 1. The predicted octanol–water partition coefficient (Wildman–Crippen LogP) is 2.95. The number of carbonyl (C=O) groups excluding carboxylic acids is 2. The number of morpholine rings is 1. The van der Waals surface area contributed by atoms with Crippen LogP contribution in [0.5, 0.6) is 0 Å². The van der Waals surface area contributed by atoms with Gasteiger partial charge in [-0.3, -0.25) is 14.6 Å². The molecule has 2 aromatic carbocycles. The highest BCUT2D eigenvalue weighted by Crippen LogP contribution is 2.33. The summed E-state index contributed by atoms with van der Waals surface area (Å²) in [6, 6.07) is 13.2. The van der Waals surface area contributed by atoms with Crippen molar-refractivity contribution in [2.75, 3.05) is 26.3 Å². The van der Waals surface area contributed by atoms with Crippen LogP contribution in [0.3, 0.4) is 0 Å². The summed E-state index contributed by atoms with van der Waals surface area (Å²) in [4.78, 5) is 34.3.